The van der Waals surface area contributed by atoms with Crippen molar-refractivity contribution in [1.82, 2.24) is 14.8 Å². The molecule has 2 aromatic rings. The molecule has 122 valence electrons. The fraction of sp³-hybridized carbons (Fsp3) is 0.444. The molecule has 1 saturated heterocycles. The third-order valence-electron chi connectivity index (χ3n) is 4.46. The Labute approximate surface area is 136 Å². The molecule has 0 radical (unpaired) electrons. The van der Waals surface area contributed by atoms with Crippen LogP contribution in [-0.4, -0.2) is 64.6 Å². The van der Waals surface area contributed by atoms with Crippen molar-refractivity contribution in [3.63, 3.8) is 0 Å². The normalized spacial score (nSPS) is 17.4. The first-order valence-electron chi connectivity index (χ1n) is 8.22. The number of β-amino-alcohol motifs (C(OH)–C–C–N with tert-alkyl or cyclic N) is 1. The number of carbonyl (C=O) groups excluding carboxylic acids is 1. The number of amides is 1. The number of benzene rings is 1. The van der Waals surface area contributed by atoms with Crippen LogP contribution < -0.4 is 0 Å². The number of aromatic nitrogens is 1. The Kier molecular flexibility index (Phi) is 4.88. The Morgan fingerprint density at radius 2 is 1.96 bits per heavy atom. The number of aliphatic hydroxyl groups excluding tert-OH is 1. The zero-order chi connectivity index (χ0) is 16.2. The van der Waals surface area contributed by atoms with E-state index in [1.807, 2.05) is 42.2 Å². The predicted molar refractivity (Wildman–Crippen MR) is 90.4 cm³/mol. The van der Waals surface area contributed by atoms with Crippen LogP contribution >= 0.6 is 0 Å². The lowest BCUT2D eigenvalue weighted by atomic mass is 10.1. The number of hydrogen-bond donors (Lipinski definition) is 1. The highest BCUT2D eigenvalue weighted by Gasteiger charge is 2.24. The Balaban J connectivity index is 1.70. The van der Waals surface area contributed by atoms with Crippen LogP contribution in [0.15, 0.2) is 36.5 Å². The van der Waals surface area contributed by atoms with Gasteiger partial charge in [0.25, 0.3) is 5.91 Å². The molecule has 1 aromatic carbocycles. The van der Waals surface area contributed by atoms with Gasteiger partial charge < -0.3 is 10.0 Å². The fourth-order valence-corrected chi connectivity index (χ4v) is 3.01. The van der Waals surface area contributed by atoms with E-state index in [0.717, 1.165) is 30.4 Å². The predicted octanol–water partition coefficient (Wildman–Crippen LogP) is 1.76. The first kappa shape index (κ1) is 15.9. The van der Waals surface area contributed by atoms with E-state index in [9.17, 15) is 9.90 Å². The average molecular weight is 313 g/mol. The molecule has 1 aliphatic rings. The Bertz CT molecular complexity index is 676. The number of nitrogens with zero attached hydrogens (tertiary/aromatic N) is 3. The molecular formula is C18H23N3O2. The molecular weight excluding hydrogens is 290 g/mol. The fourth-order valence-electron chi connectivity index (χ4n) is 3.01. The van der Waals surface area contributed by atoms with Crippen molar-refractivity contribution in [3.8, 4) is 0 Å². The quantitative estimate of drug-likeness (QED) is 0.934. The van der Waals surface area contributed by atoms with E-state index >= 15 is 0 Å². The molecule has 23 heavy (non-hydrogen) atoms. The summed E-state index contributed by atoms with van der Waals surface area (Å²) in [6, 6.07) is 9.59. The second-order valence-corrected chi connectivity index (χ2v) is 6.04. The smallest absolute Gasteiger partial charge is 0.256 e. The first-order chi connectivity index (χ1) is 11.2. The number of pyridine rings is 1. The lowest BCUT2D eigenvalue weighted by Crippen LogP contribution is -2.50. The molecule has 3 rings (SSSR count). The van der Waals surface area contributed by atoms with Crippen molar-refractivity contribution in [2.75, 3.05) is 32.7 Å². The summed E-state index contributed by atoms with van der Waals surface area (Å²) in [5.74, 6) is 0.0463. The average Bonchev–Trinajstić information content (AvgIpc) is 2.61. The minimum absolute atomic E-state index is 0.0463. The maximum atomic E-state index is 12.8. The number of carbonyl (C=O) groups is 1. The van der Waals surface area contributed by atoms with Gasteiger partial charge in [-0.1, -0.05) is 25.1 Å². The van der Waals surface area contributed by atoms with Crippen LogP contribution in [0.2, 0.25) is 0 Å². The van der Waals surface area contributed by atoms with Gasteiger partial charge in [0.2, 0.25) is 0 Å². The molecule has 1 N–H and O–H groups in total. The second-order valence-electron chi connectivity index (χ2n) is 6.04. The summed E-state index contributed by atoms with van der Waals surface area (Å²) < 4.78 is 0. The summed E-state index contributed by atoms with van der Waals surface area (Å²) in [4.78, 5) is 21.3. The third-order valence-corrected chi connectivity index (χ3v) is 4.46. The molecule has 1 fully saturated rings. The van der Waals surface area contributed by atoms with Crippen molar-refractivity contribution < 1.29 is 9.90 Å². The van der Waals surface area contributed by atoms with Crippen LogP contribution in [0.25, 0.3) is 10.9 Å². The lowest BCUT2D eigenvalue weighted by molar-refractivity contribution is 0.0525. The van der Waals surface area contributed by atoms with Gasteiger partial charge in [-0.3, -0.25) is 14.7 Å². The summed E-state index contributed by atoms with van der Waals surface area (Å²) in [7, 11) is 0. The van der Waals surface area contributed by atoms with E-state index in [-0.39, 0.29) is 12.0 Å². The third kappa shape index (κ3) is 3.51. The van der Waals surface area contributed by atoms with Crippen LogP contribution in [0.3, 0.4) is 0 Å². The molecule has 1 unspecified atom stereocenters. The molecule has 1 amide bonds. The first-order valence-corrected chi connectivity index (χ1v) is 8.22. The van der Waals surface area contributed by atoms with Gasteiger partial charge in [-0.2, -0.15) is 0 Å². The van der Waals surface area contributed by atoms with Crippen LogP contribution in [0, 0.1) is 0 Å². The van der Waals surface area contributed by atoms with E-state index in [1.54, 1.807) is 6.20 Å². The van der Waals surface area contributed by atoms with Crippen LogP contribution in [0.4, 0.5) is 0 Å². The SMILES string of the molecule is CCC(O)CN1CCN(C(=O)c2cccc3cccnc23)CC1. The van der Waals surface area contributed by atoms with E-state index in [4.69, 9.17) is 0 Å². The summed E-state index contributed by atoms with van der Waals surface area (Å²) >= 11 is 0. The molecule has 1 aromatic heterocycles. The molecule has 2 heterocycles. The summed E-state index contributed by atoms with van der Waals surface area (Å²) in [6.45, 7) is 5.67. The summed E-state index contributed by atoms with van der Waals surface area (Å²) in [6.07, 6.45) is 2.21. The van der Waals surface area contributed by atoms with Crippen molar-refractivity contribution in [2.45, 2.75) is 19.4 Å². The van der Waals surface area contributed by atoms with E-state index in [1.165, 1.54) is 0 Å². The number of hydrogen-bond acceptors (Lipinski definition) is 4. The number of rotatable bonds is 4. The van der Waals surface area contributed by atoms with Crippen molar-refractivity contribution in [3.05, 3.63) is 42.1 Å². The van der Waals surface area contributed by atoms with Gasteiger partial charge in [-0.25, -0.2) is 0 Å². The van der Waals surface area contributed by atoms with Crippen molar-refractivity contribution in [2.24, 2.45) is 0 Å². The monoisotopic (exact) mass is 313 g/mol. The minimum Gasteiger partial charge on any atom is -0.392 e. The van der Waals surface area contributed by atoms with E-state index in [0.29, 0.717) is 25.2 Å². The maximum Gasteiger partial charge on any atom is 0.256 e. The molecule has 5 nitrogen and oxygen atoms in total. The summed E-state index contributed by atoms with van der Waals surface area (Å²) in [5, 5.41) is 10.7. The van der Waals surface area contributed by atoms with Gasteiger partial charge in [0.05, 0.1) is 17.2 Å². The van der Waals surface area contributed by atoms with Gasteiger partial charge >= 0.3 is 0 Å². The molecule has 1 aliphatic heterocycles. The standard InChI is InChI=1S/C18H23N3O2/c1-2-15(22)13-20-9-11-21(12-10-20)18(23)16-7-3-5-14-6-4-8-19-17(14)16/h3-8,15,22H,2,9-13H2,1H3. The Hall–Kier alpha value is -1.98. The Morgan fingerprint density at radius 1 is 1.22 bits per heavy atom. The number of aliphatic hydroxyl groups is 1. The van der Waals surface area contributed by atoms with Gasteiger partial charge in [0.1, 0.15) is 0 Å². The van der Waals surface area contributed by atoms with Crippen LogP contribution in [0.5, 0.6) is 0 Å². The summed E-state index contributed by atoms with van der Waals surface area (Å²) in [5.41, 5.74) is 1.44. The molecule has 0 aliphatic carbocycles. The van der Waals surface area contributed by atoms with E-state index < -0.39 is 0 Å². The zero-order valence-electron chi connectivity index (χ0n) is 13.5. The van der Waals surface area contributed by atoms with Crippen LogP contribution in [0.1, 0.15) is 23.7 Å². The minimum atomic E-state index is -0.278. The van der Waals surface area contributed by atoms with Crippen molar-refractivity contribution in [1.29, 1.82) is 0 Å². The van der Waals surface area contributed by atoms with Gasteiger partial charge in [-0.05, 0) is 18.6 Å². The Morgan fingerprint density at radius 3 is 2.70 bits per heavy atom. The molecule has 0 saturated carbocycles. The van der Waals surface area contributed by atoms with E-state index in [2.05, 4.69) is 9.88 Å². The topological polar surface area (TPSA) is 56.7 Å². The molecule has 0 bridgehead atoms. The molecule has 1 atom stereocenters. The maximum absolute atomic E-state index is 12.8. The second kappa shape index (κ2) is 7.06. The lowest BCUT2D eigenvalue weighted by Gasteiger charge is -2.35. The zero-order valence-corrected chi connectivity index (χ0v) is 13.5. The largest absolute Gasteiger partial charge is 0.392 e. The van der Waals surface area contributed by atoms with Crippen LogP contribution in [-0.2, 0) is 0 Å². The number of para-hydroxylation sites is 1. The van der Waals surface area contributed by atoms with Gasteiger partial charge in [0, 0.05) is 44.3 Å². The molecule has 5 heteroatoms. The number of piperazine rings is 1. The highest BCUT2D eigenvalue weighted by atomic mass is 16.3. The number of fused-ring (bicyclic) bond motifs is 1. The highest BCUT2D eigenvalue weighted by Crippen LogP contribution is 2.18. The van der Waals surface area contributed by atoms with Crippen molar-refractivity contribution >= 4 is 16.8 Å². The van der Waals surface area contributed by atoms with Gasteiger partial charge in [-0.15, -0.1) is 0 Å². The molecule has 0 spiro atoms. The highest BCUT2D eigenvalue weighted by molar-refractivity contribution is 6.05. The van der Waals surface area contributed by atoms with Gasteiger partial charge in [0.15, 0.2) is 0 Å².